The van der Waals surface area contributed by atoms with Gasteiger partial charge in [-0.1, -0.05) is 18.2 Å². The van der Waals surface area contributed by atoms with Crippen molar-refractivity contribution in [2.45, 2.75) is 24.3 Å². The highest BCUT2D eigenvalue weighted by Gasteiger charge is 2.29. The zero-order valence-corrected chi connectivity index (χ0v) is 17.3. The molecule has 2 amide bonds. The molecule has 1 saturated heterocycles. The van der Waals surface area contributed by atoms with Gasteiger partial charge in [0, 0.05) is 39.6 Å². The Morgan fingerprint density at radius 1 is 1.14 bits per heavy atom. The van der Waals surface area contributed by atoms with E-state index in [1.807, 2.05) is 0 Å². The molecular formula is C20H25N3O5S. The lowest BCUT2D eigenvalue weighted by molar-refractivity contribution is -0.126. The maximum absolute atomic E-state index is 12.6. The molecule has 1 aromatic heterocycles. The van der Waals surface area contributed by atoms with Crippen molar-refractivity contribution in [3.05, 3.63) is 54.0 Å². The van der Waals surface area contributed by atoms with E-state index >= 15 is 0 Å². The van der Waals surface area contributed by atoms with Crippen LogP contribution in [0.4, 0.5) is 0 Å². The van der Waals surface area contributed by atoms with Crippen molar-refractivity contribution in [1.82, 2.24) is 14.5 Å². The first-order chi connectivity index (χ1) is 13.8. The summed E-state index contributed by atoms with van der Waals surface area (Å²) in [7, 11) is -0.640. The van der Waals surface area contributed by atoms with Gasteiger partial charge < -0.3 is 14.6 Å². The monoisotopic (exact) mass is 419 g/mol. The standard InChI is InChI=1S/C20H25N3O5S/c1-22(2)29(26,27)18-8-4-3-6-16(18)14-21-19(24)15-9-11-23(12-10-15)20(25)17-7-5-13-28-17/h3-8,13,15H,9-12,14H2,1-2H3,(H,21,24). The lowest BCUT2D eigenvalue weighted by Crippen LogP contribution is -2.42. The van der Waals surface area contributed by atoms with Crippen LogP contribution in [0.25, 0.3) is 0 Å². The summed E-state index contributed by atoms with van der Waals surface area (Å²) in [6, 6.07) is 9.93. The van der Waals surface area contributed by atoms with E-state index in [0.29, 0.717) is 37.3 Å². The smallest absolute Gasteiger partial charge is 0.289 e. The fourth-order valence-electron chi connectivity index (χ4n) is 3.33. The highest BCUT2D eigenvalue weighted by Crippen LogP contribution is 2.21. The Balaban J connectivity index is 1.57. The normalized spacial score (nSPS) is 15.5. The average molecular weight is 420 g/mol. The van der Waals surface area contributed by atoms with Crippen LogP contribution in [0.3, 0.4) is 0 Å². The lowest BCUT2D eigenvalue weighted by atomic mass is 9.95. The number of hydrogen-bond acceptors (Lipinski definition) is 5. The second-order valence-corrected chi connectivity index (χ2v) is 9.28. The van der Waals surface area contributed by atoms with Crippen molar-refractivity contribution in [2.75, 3.05) is 27.2 Å². The fourth-order valence-corrected chi connectivity index (χ4v) is 4.44. The Bertz CT molecular complexity index is 962. The number of carbonyl (C=O) groups is 2. The van der Waals surface area contributed by atoms with Crippen LogP contribution in [-0.2, 0) is 21.4 Å². The molecule has 0 radical (unpaired) electrons. The van der Waals surface area contributed by atoms with E-state index < -0.39 is 10.0 Å². The van der Waals surface area contributed by atoms with Gasteiger partial charge in [0.25, 0.3) is 5.91 Å². The second kappa shape index (κ2) is 8.79. The van der Waals surface area contributed by atoms with Crippen molar-refractivity contribution in [2.24, 2.45) is 5.92 Å². The van der Waals surface area contributed by atoms with E-state index in [4.69, 9.17) is 4.42 Å². The molecule has 0 spiro atoms. The van der Waals surface area contributed by atoms with Crippen LogP contribution < -0.4 is 5.32 Å². The SMILES string of the molecule is CN(C)S(=O)(=O)c1ccccc1CNC(=O)C1CCN(C(=O)c2ccco2)CC1. The molecule has 1 N–H and O–H groups in total. The molecule has 156 valence electrons. The van der Waals surface area contributed by atoms with Crippen LogP contribution in [0.2, 0.25) is 0 Å². The summed E-state index contributed by atoms with van der Waals surface area (Å²) >= 11 is 0. The number of nitrogens with zero attached hydrogens (tertiary/aromatic N) is 2. The number of amides is 2. The Kier molecular flexibility index (Phi) is 6.39. The second-order valence-electron chi connectivity index (χ2n) is 7.16. The minimum absolute atomic E-state index is 0.132. The minimum Gasteiger partial charge on any atom is -0.459 e. The summed E-state index contributed by atoms with van der Waals surface area (Å²) in [6.45, 7) is 1.08. The number of likely N-dealkylation sites (tertiary alicyclic amines) is 1. The van der Waals surface area contributed by atoms with Crippen molar-refractivity contribution >= 4 is 21.8 Å². The van der Waals surface area contributed by atoms with Crippen molar-refractivity contribution in [1.29, 1.82) is 0 Å². The zero-order valence-electron chi connectivity index (χ0n) is 16.5. The van der Waals surface area contributed by atoms with Gasteiger partial charge in [-0.25, -0.2) is 12.7 Å². The topological polar surface area (TPSA) is 99.9 Å². The molecule has 0 aliphatic carbocycles. The molecule has 2 heterocycles. The predicted octanol–water partition coefficient (Wildman–Crippen LogP) is 1.70. The van der Waals surface area contributed by atoms with Gasteiger partial charge >= 0.3 is 0 Å². The quantitative estimate of drug-likeness (QED) is 0.768. The zero-order chi connectivity index (χ0) is 21.0. The molecule has 8 nitrogen and oxygen atoms in total. The van der Waals surface area contributed by atoms with Crippen molar-refractivity contribution in [3.8, 4) is 0 Å². The highest BCUT2D eigenvalue weighted by atomic mass is 32.2. The molecule has 2 aromatic rings. The molecule has 1 aliphatic heterocycles. The molecule has 1 aliphatic rings. The van der Waals surface area contributed by atoms with E-state index in [2.05, 4.69) is 5.32 Å². The van der Waals surface area contributed by atoms with Gasteiger partial charge in [0.1, 0.15) is 0 Å². The summed E-state index contributed by atoms with van der Waals surface area (Å²) < 4.78 is 31.2. The molecule has 1 aromatic carbocycles. The largest absolute Gasteiger partial charge is 0.459 e. The summed E-state index contributed by atoms with van der Waals surface area (Å²) in [6.07, 6.45) is 2.56. The van der Waals surface area contributed by atoms with Crippen LogP contribution in [0.15, 0.2) is 52.0 Å². The number of carbonyl (C=O) groups excluding carboxylic acids is 2. The Labute approximate surface area is 170 Å². The highest BCUT2D eigenvalue weighted by molar-refractivity contribution is 7.89. The van der Waals surface area contributed by atoms with E-state index in [1.165, 1.54) is 26.4 Å². The Morgan fingerprint density at radius 3 is 2.45 bits per heavy atom. The third kappa shape index (κ3) is 4.68. The van der Waals surface area contributed by atoms with E-state index in [0.717, 1.165) is 4.31 Å². The van der Waals surface area contributed by atoms with Crippen LogP contribution in [0.5, 0.6) is 0 Å². The fraction of sp³-hybridized carbons (Fsp3) is 0.400. The summed E-state index contributed by atoms with van der Waals surface area (Å²) in [5.74, 6) is -0.219. The number of rotatable bonds is 6. The van der Waals surface area contributed by atoms with Crippen LogP contribution in [-0.4, -0.2) is 56.6 Å². The van der Waals surface area contributed by atoms with Gasteiger partial charge in [-0.3, -0.25) is 9.59 Å². The predicted molar refractivity (Wildman–Crippen MR) is 106 cm³/mol. The minimum atomic E-state index is -3.59. The van der Waals surface area contributed by atoms with Gasteiger partial charge in [0.05, 0.1) is 11.2 Å². The lowest BCUT2D eigenvalue weighted by Gasteiger charge is -2.30. The van der Waals surface area contributed by atoms with Crippen molar-refractivity contribution < 1.29 is 22.4 Å². The first kappa shape index (κ1) is 21.1. The first-order valence-electron chi connectivity index (χ1n) is 9.41. The molecule has 0 atom stereocenters. The van der Waals surface area contributed by atoms with Gasteiger partial charge in [0.15, 0.2) is 5.76 Å². The third-order valence-electron chi connectivity index (χ3n) is 5.07. The number of nitrogens with one attached hydrogen (secondary N) is 1. The molecule has 3 rings (SSSR count). The molecule has 9 heteroatoms. The van der Waals surface area contributed by atoms with Crippen molar-refractivity contribution in [3.63, 3.8) is 0 Å². The number of sulfonamides is 1. The van der Waals surface area contributed by atoms with E-state index in [1.54, 1.807) is 35.2 Å². The Morgan fingerprint density at radius 2 is 1.83 bits per heavy atom. The molecule has 1 fully saturated rings. The van der Waals surface area contributed by atoms with E-state index in [-0.39, 0.29) is 29.2 Å². The van der Waals surface area contributed by atoms with Crippen LogP contribution >= 0.6 is 0 Å². The molecule has 29 heavy (non-hydrogen) atoms. The van der Waals surface area contributed by atoms with Crippen LogP contribution in [0, 0.1) is 5.92 Å². The van der Waals surface area contributed by atoms with Gasteiger partial charge in [0.2, 0.25) is 15.9 Å². The first-order valence-corrected chi connectivity index (χ1v) is 10.9. The summed E-state index contributed by atoms with van der Waals surface area (Å²) in [5, 5.41) is 2.85. The maximum Gasteiger partial charge on any atom is 0.289 e. The number of furan rings is 1. The molecule has 0 saturated carbocycles. The molecule has 0 bridgehead atoms. The average Bonchev–Trinajstić information content (AvgIpc) is 3.26. The maximum atomic E-state index is 12.6. The summed E-state index contributed by atoms with van der Waals surface area (Å²) in [5.41, 5.74) is 0.542. The number of piperidine rings is 1. The van der Waals surface area contributed by atoms with Gasteiger partial charge in [-0.2, -0.15) is 0 Å². The van der Waals surface area contributed by atoms with Gasteiger partial charge in [-0.15, -0.1) is 0 Å². The Hall–Kier alpha value is -2.65. The van der Waals surface area contributed by atoms with E-state index in [9.17, 15) is 18.0 Å². The number of benzene rings is 1. The number of hydrogen-bond donors (Lipinski definition) is 1. The van der Waals surface area contributed by atoms with Gasteiger partial charge in [-0.05, 0) is 36.6 Å². The summed E-state index contributed by atoms with van der Waals surface area (Å²) in [4.78, 5) is 26.8. The van der Waals surface area contributed by atoms with Crippen LogP contribution in [0.1, 0.15) is 29.0 Å². The third-order valence-corrected chi connectivity index (χ3v) is 6.98. The molecular weight excluding hydrogens is 394 g/mol. The molecule has 0 unspecified atom stereocenters.